The molecule has 16 heteroatoms. The molecule has 0 saturated heterocycles. The summed E-state index contributed by atoms with van der Waals surface area (Å²) in [6, 6.07) is -1.87. The highest BCUT2D eigenvalue weighted by Crippen LogP contribution is 2.24. The summed E-state index contributed by atoms with van der Waals surface area (Å²) >= 11 is 5.02. The van der Waals surface area contributed by atoms with Crippen LogP contribution in [0.15, 0.2) is 21.5 Å². The summed E-state index contributed by atoms with van der Waals surface area (Å²) in [6.07, 6.45) is 0. The normalized spacial score (nSPS) is 22.5. The summed E-state index contributed by atoms with van der Waals surface area (Å²) in [7, 11) is 0. The van der Waals surface area contributed by atoms with Gasteiger partial charge in [0.2, 0.25) is 0 Å². The molecule has 1 aliphatic heterocycles. The molecule has 4 amide bonds. The number of carbonyl (C=O) groups excluding carboxylic acids is 4. The Hall–Kier alpha value is -3.60. The van der Waals surface area contributed by atoms with Crippen LogP contribution in [-0.4, -0.2) is 43.6 Å². The predicted octanol–water partition coefficient (Wildman–Crippen LogP) is 3.79. The molecule has 0 radical (unpaired) electrons. The summed E-state index contributed by atoms with van der Waals surface area (Å²) in [5.74, 6) is -1.56. The molecule has 0 unspecified atom stereocenters. The summed E-state index contributed by atoms with van der Waals surface area (Å²) in [5, 5.41) is 20.1. The lowest BCUT2D eigenvalue weighted by Gasteiger charge is -2.12. The Morgan fingerprint density at radius 3 is 0.850 bits per heavy atom. The molecule has 0 fully saturated rings. The van der Waals surface area contributed by atoms with E-state index in [0.29, 0.717) is 20.0 Å². The Labute approximate surface area is 244 Å². The Kier molecular flexibility index (Phi) is 8.02. The molecule has 0 aliphatic carbocycles. The number of aromatic nitrogens is 4. The molecular formula is C24H24N8O4S4. The molecule has 40 heavy (non-hydrogen) atoms. The van der Waals surface area contributed by atoms with E-state index in [0.717, 1.165) is 0 Å². The van der Waals surface area contributed by atoms with Crippen molar-refractivity contribution in [2.75, 3.05) is 0 Å². The molecule has 5 rings (SSSR count). The van der Waals surface area contributed by atoms with Gasteiger partial charge in [-0.25, -0.2) is 19.9 Å². The van der Waals surface area contributed by atoms with Gasteiger partial charge in [0.1, 0.15) is 42.8 Å². The first kappa shape index (κ1) is 27.9. The third-order valence-corrected chi connectivity index (χ3v) is 10.0. The van der Waals surface area contributed by atoms with E-state index in [9.17, 15) is 19.2 Å². The van der Waals surface area contributed by atoms with E-state index in [-0.39, 0.29) is 22.8 Å². The second-order valence-electron chi connectivity index (χ2n) is 9.06. The van der Waals surface area contributed by atoms with E-state index in [1.165, 1.54) is 45.3 Å². The number of amides is 4. The fraction of sp³-hybridized carbons (Fsp3) is 0.333. The van der Waals surface area contributed by atoms with Gasteiger partial charge >= 0.3 is 0 Å². The minimum Gasteiger partial charge on any atom is -0.342 e. The zero-order valence-corrected chi connectivity index (χ0v) is 24.9. The van der Waals surface area contributed by atoms with Crippen molar-refractivity contribution < 1.29 is 19.2 Å². The lowest BCUT2D eigenvalue weighted by Crippen LogP contribution is -2.29. The summed E-state index contributed by atoms with van der Waals surface area (Å²) in [6.45, 7) is 7.08. The quantitative estimate of drug-likeness (QED) is 0.231. The van der Waals surface area contributed by atoms with Crippen molar-refractivity contribution in [3.63, 3.8) is 0 Å². The van der Waals surface area contributed by atoms with Crippen LogP contribution >= 0.6 is 45.3 Å². The highest BCUT2D eigenvalue weighted by Gasteiger charge is 2.24. The average molecular weight is 617 g/mol. The fourth-order valence-electron chi connectivity index (χ4n) is 3.69. The van der Waals surface area contributed by atoms with E-state index >= 15 is 0 Å². The highest BCUT2D eigenvalue weighted by molar-refractivity contribution is 7.10. The van der Waals surface area contributed by atoms with Gasteiger partial charge in [-0.2, -0.15) is 0 Å². The number of rotatable bonds is 0. The zero-order valence-electron chi connectivity index (χ0n) is 21.7. The first-order valence-electron chi connectivity index (χ1n) is 12.1. The van der Waals surface area contributed by atoms with Crippen molar-refractivity contribution in [1.82, 2.24) is 41.2 Å². The Bertz CT molecular complexity index is 1360. The maximum Gasteiger partial charge on any atom is 0.271 e. The maximum atomic E-state index is 12.8. The molecule has 5 heterocycles. The Morgan fingerprint density at radius 1 is 0.450 bits per heavy atom. The number of thiazole rings is 4. The lowest BCUT2D eigenvalue weighted by atomic mass is 10.3. The van der Waals surface area contributed by atoms with Crippen LogP contribution < -0.4 is 21.3 Å². The molecule has 8 bridgehead atoms. The lowest BCUT2D eigenvalue weighted by molar-refractivity contribution is 0.0927. The minimum atomic E-state index is -0.467. The molecule has 0 saturated carbocycles. The van der Waals surface area contributed by atoms with E-state index < -0.39 is 47.8 Å². The van der Waals surface area contributed by atoms with Crippen LogP contribution in [0.25, 0.3) is 0 Å². The SMILES string of the molecule is C[C@H]1NC(=O)c2csc(n2)[C@@H](C)NC(=O)c2csc(n2)[C@@H](C)NC(=O)c2csc(n2)[C@@H](C)NC(=O)c2csc1n2. The van der Waals surface area contributed by atoms with Gasteiger partial charge < -0.3 is 21.3 Å². The molecule has 0 aromatic carbocycles. The number of hydrogen-bond acceptors (Lipinski definition) is 12. The fourth-order valence-corrected chi connectivity index (χ4v) is 6.92. The monoisotopic (exact) mass is 616 g/mol. The van der Waals surface area contributed by atoms with E-state index in [1.807, 2.05) is 0 Å². The molecule has 4 atom stereocenters. The molecule has 4 N–H and O–H groups in total. The van der Waals surface area contributed by atoms with Crippen LogP contribution in [-0.2, 0) is 0 Å². The third kappa shape index (κ3) is 5.94. The largest absolute Gasteiger partial charge is 0.342 e. The third-order valence-electron chi connectivity index (χ3n) is 5.89. The number of hydrogen-bond donors (Lipinski definition) is 4. The topological polar surface area (TPSA) is 168 Å². The van der Waals surface area contributed by atoms with Crippen LogP contribution in [0.2, 0.25) is 0 Å². The first-order valence-corrected chi connectivity index (χ1v) is 15.7. The van der Waals surface area contributed by atoms with Crippen molar-refractivity contribution in [3.8, 4) is 0 Å². The predicted molar refractivity (Wildman–Crippen MR) is 152 cm³/mol. The van der Waals surface area contributed by atoms with Crippen molar-refractivity contribution >= 4 is 69.0 Å². The van der Waals surface area contributed by atoms with Crippen LogP contribution in [0.1, 0.15) is 114 Å². The van der Waals surface area contributed by atoms with Gasteiger partial charge in [0.15, 0.2) is 0 Å². The summed E-state index contributed by atoms with van der Waals surface area (Å²) < 4.78 is 0. The van der Waals surface area contributed by atoms with Crippen LogP contribution in [0.3, 0.4) is 0 Å². The minimum absolute atomic E-state index is 0.217. The van der Waals surface area contributed by atoms with Gasteiger partial charge in [0.25, 0.3) is 23.6 Å². The summed E-state index contributed by atoms with van der Waals surface area (Å²) in [4.78, 5) is 69.0. The number of fused-ring (bicyclic) bond motifs is 8. The van der Waals surface area contributed by atoms with E-state index in [2.05, 4.69) is 41.2 Å². The van der Waals surface area contributed by atoms with Crippen molar-refractivity contribution in [3.05, 3.63) is 64.3 Å². The second kappa shape index (κ2) is 11.5. The van der Waals surface area contributed by atoms with Crippen LogP contribution in [0.4, 0.5) is 0 Å². The number of nitrogens with one attached hydrogen (secondary N) is 4. The van der Waals surface area contributed by atoms with Gasteiger partial charge in [-0.1, -0.05) is 0 Å². The summed E-state index contributed by atoms with van der Waals surface area (Å²) in [5.41, 5.74) is 0.867. The maximum absolute atomic E-state index is 12.8. The van der Waals surface area contributed by atoms with Gasteiger partial charge in [-0.3, -0.25) is 19.2 Å². The molecule has 1 aliphatic rings. The number of nitrogens with zero attached hydrogens (tertiary/aromatic N) is 4. The smallest absolute Gasteiger partial charge is 0.271 e. The Balaban J connectivity index is 1.42. The highest BCUT2D eigenvalue weighted by atomic mass is 32.1. The van der Waals surface area contributed by atoms with E-state index in [4.69, 9.17) is 0 Å². The molecular weight excluding hydrogens is 593 g/mol. The Morgan fingerprint density at radius 2 is 0.650 bits per heavy atom. The van der Waals surface area contributed by atoms with Gasteiger partial charge in [0, 0.05) is 21.5 Å². The van der Waals surface area contributed by atoms with E-state index in [1.54, 1.807) is 49.2 Å². The molecule has 12 nitrogen and oxygen atoms in total. The molecule has 4 aromatic heterocycles. The number of carbonyl (C=O) groups is 4. The van der Waals surface area contributed by atoms with Crippen LogP contribution in [0, 0.1) is 0 Å². The van der Waals surface area contributed by atoms with Crippen LogP contribution in [0.5, 0.6) is 0 Å². The molecule has 0 spiro atoms. The van der Waals surface area contributed by atoms with Gasteiger partial charge in [0.05, 0.1) is 24.2 Å². The van der Waals surface area contributed by atoms with Gasteiger partial charge in [-0.05, 0) is 27.7 Å². The standard InChI is InChI=1S/C24H24N8O4S4/c1-9-21-29-14(5-37-21)18(34)26-11(3)23-31-16(7-39-23)20(36)28-12(4)24-32-15(8-40-24)19(35)27-10(2)22-30-13(6-38-22)17(33)25-9/h5-12H,1-4H3,(H,25,33)(H,26,34)(H,27,35)(H,28,36)/t9-,10-,11-,12-/m1/s1. The van der Waals surface area contributed by atoms with Crippen molar-refractivity contribution in [1.29, 1.82) is 0 Å². The van der Waals surface area contributed by atoms with Crippen molar-refractivity contribution in [2.45, 2.75) is 51.9 Å². The average Bonchev–Trinajstić information content (AvgIpc) is 3.74. The first-order chi connectivity index (χ1) is 19.1. The van der Waals surface area contributed by atoms with Gasteiger partial charge in [-0.15, -0.1) is 45.3 Å². The zero-order chi connectivity index (χ0) is 28.6. The molecule has 208 valence electrons. The molecule has 4 aromatic rings. The second-order valence-corrected chi connectivity index (χ2v) is 12.6. The van der Waals surface area contributed by atoms with Crippen molar-refractivity contribution in [2.24, 2.45) is 0 Å².